The number of para-hydroxylation sites is 1. The molecule has 1 fully saturated rings. The number of aromatic amines is 1. The highest BCUT2D eigenvalue weighted by atomic mass is 32.2. The van der Waals surface area contributed by atoms with Gasteiger partial charge in [0, 0.05) is 55.9 Å². The lowest BCUT2D eigenvalue weighted by Crippen LogP contribution is -2.47. The summed E-state index contributed by atoms with van der Waals surface area (Å²) >= 11 is 0. The molecule has 6 nitrogen and oxygen atoms in total. The molecule has 0 radical (unpaired) electrons. The predicted octanol–water partition coefficient (Wildman–Crippen LogP) is 3.35. The monoisotopic (exact) mass is 440 g/mol. The lowest BCUT2D eigenvalue weighted by molar-refractivity contribution is 0.182. The largest absolute Gasteiger partial charge is 0.380 e. The highest BCUT2D eigenvalue weighted by Crippen LogP contribution is 2.33. The Morgan fingerprint density at radius 2 is 1.81 bits per heavy atom. The maximum absolute atomic E-state index is 15.6. The molecule has 162 valence electrons. The van der Waals surface area contributed by atoms with E-state index < -0.39 is 10.0 Å². The van der Waals surface area contributed by atoms with Crippen molar-refractivity contribution in [1.29, 1.82) is 0 Å². The van der Waals surface area contributed by atoms with Crippen LogP contribution in [0.25, 0.3) is 22.6 Å². The van der Waals surface area contributed by atoms with Crippen LogP contribution in [-0.2, 0) is 16.6 Å². The van der Waals surface area contributed by atoms with E-state index in [4.69, 9.17) is 0 Å². The van der Waals surface area contributed by atoms with Gasteiger partial charge in [-0.3, -0.25) is 4.90 Å². The van der Waals surface area contributed by atoms with Crippen molar-refractivity contribution in [1.82, 2.24) is 14.2 Å². The quantitative estimate of drug-likeness (QED) is 0.653. The van der Waals surface area contributed by atoms with Crippen LogP contribution in [0.2, 0.25) is 0 Å². The van der Waals surface area contributed by atoms with E-state index in [9.17, 15) is 8.42 Å². The van der Waals surface area contributed by atoms with Crippen molar-refractivity contribution in [2.75, 3.05) is 44.3 Å². The highest BCUT2D eigenvalue weighted by molar-refractivity contribution is 7.88. The third kappa shape index (κ3) is 3.86. The Labute approximate surface area is 181 Å². The Morgan fingerprint density at radius 3 is 2.58 bits per heavy atom. The predicted molar refractivity (Wildman–Crippen MR) is 123 cm³/mol. The number of sulfonamides is 1. The van der Waals surface area contributed by atoms with E-state index >= 15 is 4.39 Å². The van der Waals surface area contributed by atoms with Crippen molar-refractivity contribution in [2.45, 2.75) is 6.54 Å². The molecule has 31 heavy (non-hydrogen) atoms. The van der Waals surface area contributed by atoms with E-state index in [0.29, 0.717) is 50.3 Å². The fraction of sp³-hybridized carbons (Fsp3) is 0.304. The summed E-state index contributed by atoms with van der Waals surface area (Å²) in [4.78, 5) is 5.46. The van der Waals surface area contributed by atoms with E-state index in [1.165, 1.54) is 10.6 Å². The van der Waals surface area contributed by atoms with Crippen LogP contribution in [0.1, 0.15) is 16.8 Å². The summed E-state index contributed by atoms with van der Waals surface area (Å²) in [6.07, 6.45) is 3.27. The van der Waals surface area contributed by atoms with Crippen LogP contribution in [0.5, 0.6) is 0 Å². The van der Waals surface area contributed by atoms with Gasteiger partial charge in [0.15, 0.2) is 5.82 Å². The first-order valence-corrected chi connectivity index (χ1v) is 12.3. The van der Waals surface area contributed by atoms with Gasteiger partial charge in [-0.25, -0.2) is 12.8 Å². The van der Waals surface area contributed by atoms with Gasteiger partial charge in [-0.05, 0) is 34.9 Å². The molecule has 3 heterocycles. The number of halogens is 1. The molecule has 2 N–H and O–H groups in total. The molecule has 0 atom stereocenters. The number of hydrogen-bond acceptors (Lipinski definition) is 4. The molecule has 0 aliphatic carbocycles. The zero-order valence-electron chi connectivity index (χ0n) is 17.4. The topological polar surface area (TPSA) is 68.4 Å². The number of piperazine rings is 1. The Balaban J connectivity index is 1.43. The second-order valence-electron chi connectivity index (χ2n) is 8.20. The average Bonchev–Trinajstić information content (AvgIpc) is 3.11. The molecule has 0 saturated carbocycles. The zero-order chi connectivity index (χ0) is 21.6. The summed E-state index contributed by atoms with van der Waals surface area (Å²) in [7, 11) is -3.16. The van der Waals surface area contributed by atoms with E-state index in [2.05, 4.69) is 15.2 Å². The number of hydrogen-bond donors (Lipinski definition) is 2. The fourth-order valence-corrected chi connectivity index (χ4v) is 5.29. The van der Waals surface area contributed by atoms with E-state index in [1.54, 1.807) is 0 Å². The fourth-order valence-electron chi connectivity index (χ4n) is 4.46. The third-order valence-corrected chi connectivity index (χ3v) is 7.43. The molecule has 1 saturated heterocycles. The van der Waals surface area contributed by atoms with Gasteiger partial charge in [0.2, 0.25) is 10.0 Å². The van der Waals surface area contributed by atoms with Gasteiger partial charge in [-0.2, -0.15) is 4.31 Å². The summed E-state index contributed by atoms with van der Waals surface area (Å²) in [5.41, 5.74) is 5.20. The molecule has 5 rings (SSSR count). The minimum Gasteiger partial charge on any atom is -0.380 e. The first-order chi connectivity index (χ1) is 14.9. The first kappa shape index (κ1) is 20.2. The number of nitrogens with one attached hydrogen (secondary N) is 2. The van der Waals surface area contributed by atoms with Crippen LogP contribution in [-0.4, -0.2) is 61.6 Å². The molecule has 2 aliphatic heterocycles. The van der Waals surface area contributed by atoms with Crippen molar-refractivity contribution >= 4 is 38.3 Å². The molecule has 0 spiro atoms. The van der Waals surface area contributed by atoms with Crippen LogP contribution in [0.15, 0.2) is 42.5 Å². The minimum atomic E-state index is -3.16. The number of rotatable bonds is 4. The molecule has 8 heteroatoms. The standard InChI is InChI=1S/C23H25FN4O2S/c1-31(29,30)28-11-9-27(10-12-28)15-17-6-4-8-20-21(17)22(24)23(26-20)18-13-16-5-2-3-7-19(16)25-14-18/h2-8,13,25-26H,9-12,14-15H2,1H3. The van der Waals surface area contributed by atoms with Gasteiger partial charge in [-0.1, -0.05) is 30.3 Å². The van der Waals surface area contributed by atoms with Crippen LogP contribution < -0.4 is 5.32 Å². The van der Waals surface area contributed by atoms with Crippen molar-refractivity contribution in [3.05, 3.63) is 65.1 Å². The number of nitrogens with zero attached hydrogens (tertiary/aromatic N) is 2. The Morgan fingerprint density at radius 1 is 1.03 bits per heavy atom. The number of H-pyrrole nitrogens is 1. The van der Waals surface area contributed by atoms with Crippen LogP contribution in [0, 0.1) is 5.82 Å². The van der Waals surface area contributed by atoms with Gasteiger partial charge >= 0.3 is 0 Å². The smallest absolute Gasteiger partial charge is 0.211 e. The summed E-state index contributed by atoms with van der Waals surface area (Å²) in [5, 5.41) is 3.98. The number of benzene rings is 2. The maximum Gasteiger partial charge on any atom is 0.211 e. The maximum atomic E-state index is 15.6. The second-order valence-corrected chi connectivity index (χ2v) is 10.2. The number of aromatic nitrogens is 1. The second kappa shape index (κ2) is 7.78. The van der Waals surface area contributed by atoms with E-state index in [0.717, 1.165) is 27.9 Å². The van der Waals surface area contributed by atoms with Crippen molar-refractivity contribution in [3.63, 3.8) is 0 Å². The van der Waals surface area contributed by atoms with Crippen molar-refractivity contribution in [2.24, 2.45) is 0 Å². The van der Waals surface area contributed by atoms with E-state index in [-0.39, 0.29) is 5.82 Å². The molecular formula is C23H25FN4O2S. The van der Waals surface area contributed by atoms with Crippen molar-refractivity contribution < 1.29 is 12.8 Å². The minimum absolute atomic E-state index is 0.229. The zero-order valence-corrected chi connectivity index (χ0v) is 18.2. The van der Waals surface area contributed by atoms with Gasteiger partial charge < -0.3 is 10.3 Å². The lowest BCUT2D eigenvalue weighted by Gasteiger charge is -2.33. The number of anilines is 1. The van der Waals surface area contributed by atoms with Crippen molar-refractivity contribution in [3.8, 4) is 0 Å². The normalized spacial score (nSPS) is 17.9. The van der Waals surface area contributed by atoms with Gasteiger partial charge in [0.05, 0.1) is 11.9 Å². The summed E-state index contributed by atoms with van der Waals surface area (Å²) in [5.74, 6) is -0.229. The van der Waals surface area contributed by atoms with Gasteiger partial charge in [-0.15, -0.1) is 0 Å². The molecule has 0 bridgehead atoms. The SMILES string of the molecule is CS(=O)(=O)N1CCN(Cc2cccc3[nH]c(C4=Cc5ccccc5NC4)c(F)c23)CC1. The van der Waals surface area contributed by atoms with Crippen LogP contribution in [0.3, 0.4) is 0 Å². The molecule has 0 unspecified atom stereocenters. The first-order valence-electron chi connectivity index (χ1n) is 10.4. The molecule has 2 aromatic carbocycles. The third-order valence-electron chi connectivity index (χ3n) is 6.12. The molecular weight excluding hydrogens is 415 g/mol. The Kier molecular flexibility index (Phi) is 5.08. The Hall–Kier alpha value is -2.68. The molecule has 0 amide bonds. The van der Waals surface area contributed by atoms with E-state index in [1.807, 2.05) is 48.5 Å². The highest BCUT2D eigenvalue weighted by Gasteiger charge is 2.25. The summed E-state index contributed by atoms with van der Waals surface area (Å²) in [6.45, 7) is 3.34. The van der Waals surface area contributed by atoms with Crippen LogP contribution >= 0.6 is 0 Å². The summed E-state index contributed by atoms with van der Waals surface area (Å²) < 4.78 is 40.6. The van der Waals surface area contributed by atoms with Crippen LogP contribution in [0.4, 0.5) is 10.1 Å². The van der Waals surface area contributed by atoms with Gasteiger partial charge in [0.1, 0.15) is 0 Å². The lowest BCUT2D eigenvalue weighted by atomic mass is 10.0. The van der Waals surface area contributed by atoms with Gasteiger partial charge in [0.25, 0.3) is 0 Å². The average molecular weight is 441 g/mol. The number of fused-ring (bicyclic) bond motifs is 2. The summed E-state index contributed by atoms with van der Waals surface area (Å²) in [6, 6.07) is 13.8. The molecule has 2 aliphatic rings. The molecule has 1 aromatic heterocycles. The Bertz CT molecular complexity index is 1270. The molecule has 3 aromatic rings.